The molecule has 1 saturated heterocycles. The summed E-state index contributed by atoms with van der Waals surface area (Å²) in [4.78, 5) is 14.4. The van der Waals surface area contributed by atoms with Gasteiger partial charge in [-0.25, -0.2) is 8.42 Å². The van der Waals surface area contributed by atoms with Crippen LogP contribution in [0.4, 0.5) is 0 Å². The highest BCUT2D eigenvalue weighted by Crippen LogP contribution is 2.21. The van der Waals surface area contributed by atoms with Crippen LogP contribution < -0.4 is 4.74 Å². The zero-order chi connectivity index (χ0) is 21.0. The third kappa shape index (κ3) is 4.86. The van der Waals surface area contributed by atoms with E-state index in [4.69, 9.17) is 4.74 Å². The molecule has 0 radical (unpaired) electrons. The molecule has 1 heterocycles. The lowest BCUT2D eigenvalue weighted by Crippen LogP contribution is -2.50. The number of amides is 1. The minimum absolute atomic E-state index is 0.129. The number of rotatable bonds is 5. The number of sulfonamides is 1. The van der Waals surface area contributed by atoms with Crippen molar-refractivity contribution in [3.05, 3.63) is 65.2 Å². The summed E-state index contributed by atoms with van der Waals surface area (Å²) in [7, 11) is -1.95. The molecule has 0 saturated carbocycles. The molecule has 0 aromatic heterocycles. The van der Waals surface area contributed by atoms with E-state index in [-0.39, 0.29) is 19.0 Å². The lowest BCUT2D eigenvalue weighted by molar-refractivity contribution is -0.127. The molecule has 1 aliphatic rings. The Morgan fingerprint density at radius 1 is 1.00 bits per heavy atom. The number of carbonyl (C=O) groups is 1. The van der Waals surface area contributed by atoms with Gasteiger partial charge in [0.2, 0.25) is 15.9 Å². The second kappa shape index (κ2) is 8.80. The fourth-order valence-corrected chi connectivity index (χ4v) is 4.70. The summed E-state index contributed by atoms with van der Waals surface area (Å²) in [6.45, 7) is 5.16. The van der Waals surface area contributed by atoms with Crippen LogP contribution in [0.15, 0.2) is 53.4 Å². The first-order valence-electron chi connectivity index (χ1n) is 9.50. The van der Waals surface area contributed by atoms with E-state index < -0.39 is 10.0 Å². The molecule has 7 heteroatoms. The van der Waals surface area contributed by atoms with Gasteiger partial charge in [0.1, 0.15) is 5.75 Å². The third-order valence-electron chi connectivity index (χ3n) is 5.18. The maximum atomic E-state index is 12.9. The first-order chi connectivity index (χ1) is 13.8. The molecule has 0 spiro atoms. The van der Waals surface area contributed by atoms with Gasteiger partial charge in [-0.2, -0.15) is 4.31 Å². The predicted molar refractivity (Wildman–Crippen MR) is 113 cm³/mol. The zero-order valence-corrected chi connectivity index (χ0v) is 17.8. The van der Waals surface area contributed by atoms with Crippen LogP contribution in [0.5, 0.6) is 5.75 Å². The molecular formula is C22H26N2O4S. The molecule has 2 aromatic carbocycles. The second-order valence-electron chi connectivity index (χ2n) is 7.09. The molecular weight excluding hydrogens is 388 g/mol. The van der Waals surface area contributed by atoms with Crippen molar-refractivity contribution in [2.75, 3.05) is 33.3 Å². The molecule has 1 amide bonds. The number of piperazine rings is 1. The summed E-state index contributed by atoms with van der Waals surface area (Å²) in [5.41, 5.74) is 2.87. The Bertz CT molecular complexity index is 1020. The van der Waals surface area contributed by atoms with Gasteiger partial charge in [0, 0.05) is 32.3 Å². The molecule has 1 aliphatic heterocycles. The van der Waals surface area contributed by atoms with E-state index >= 15 is 0 Å². The van der Waals surface area contributed by atoms with Gasteiger partial charge in [-0.15, -0.1) is 0 Å². The number of hydrogen-bond donors (Lipinski definition) is 0. The Hall–Kier alpha value is -2.64. The lowest BCUT2D eigenvalue weighted by Gasteiger charge is -2.33. The number of methoxy groups -OCH3 is 1. The van der Waals surface area contributed by atoms with Crippen LogP contribution in [0.3, 0.4) is 0 Å². The van der Waals surface area contributed by atoms with Crippen molar-refractivity contribution < 1.29 is 17.9 Å². The Morgan fingerprint density at radius 3 is 2.38 bits per heavy atom. The summed E-state index contributed by atoms with van der Waals surface area (Å²) in [5.74, 6) is 0.598. The van der Waals surface area contributed by atoms with Crippen LogP contribution in [-0.2, 0) is 14.8 Å². The Morgan fingerprint density at radius 2 is 1.72 bits per heavy atom. The predicted octanol–water partition coefficient (Wildman–Crippen LogP) is 2.86. The Labute approximate surface area is 172 Å². The van der Waals surface area contributed by atoms with Gasteiger partial charge in [-0.3, -0.25) is 4.79 Å². The van der Waals surface area contributed by atoms with Gasteiger partial charge in [-0.05, 0) is 60.9 Å². The molecule has 6 nitrogen and oxygen atoms in total. The van der Waals surface area contributed by atoms with Gasteiger partial charge in [0.05, 0.1) is 12.0 Å². The quantitative estimate of drug-likeness (QED) is 0.706. The average Bonchev–Trinajstić information content (AvgIpc) is 2.74. The normalized spacial score (nSPS) is 15.6. The first kappa shape index (κ1) is 21.1. The van der Waals surface area contributed by atoms with Crippen LogP contribution >= 0.6 is 0 Å². The van der Waals surface area contributed by atoms with E-state index in [0.29, 0.717) is 18.0 Å². The van der Waals surface area contributed by atoms with Crippen LogP contribution in [0.2, 0.25) is 0 Å². The average molecular weight is 415 g/mol. The van der Waals surface area contributed by atoms with E-state index in [2.05, 4.69) is 0 Å². The molecule has 29 heavy (non-hydrogen) atoms. The molecule has 0 bridgehead atoms. The van der Waals surface area contributed by atoms with Crippen molar-refractivity contribution >= 4 is 22.0 Å². The van der Waals surface area contributed by atoms with Crippen molar-refractivity contribution in [3.8, 4) is 5.75 Å². The highest BCUT2D eigenvalue weighted by Gasteiger charge is 2.29. The van der Waals surface area contributed by atoms with Crippen molar-refractivity contribution in [2.24, 2.45) is 0 Å². The van der Waals surface area contributed by atoms with Crippen LogP contribution in [0, 0.1) is 13.8 Å². The van der Waals surface area contributed by atoms with Crippen LogP contribution in [0.1, 0.15) is 16.7 Å². The van der Waals surface area contributed by atoms with Crippen molar-refractivity contribution in [1.82, 2.24) is 9.21 Å². The number of nitrogens with zero attached hydrogens (tertiary/aromatic N) is 2. The van der Waals surface area contributed by atoms with Gasteiger partial charge in [-0.1, -0.05) is 18.2 Å². The van der Waals surface area contributed by atoms with E-state index in [0.717, 1.165) is 22.4 Å². The maximum Gasteiger partial charge on any atom is 0.246 e. The number of benzene rings is 2. The zero-order valence-electron chi connectivity index (χ0n) is 17.0. The molecule has 0 atom stereocenters. The minimum Gasteiger partial charge on any atom is -0.497 e. The minimum atomic E-state index is -3.55. The Balaban J connectivity index is 1.62. The van der Waals surface area contributed by atoms with Gasteiger partial charge in [0.15, 0.2) is 0 Å². The molecule has 0 unspecified atom stereocenters. The summed E-state index contributed by atoms with van der Waals surface area (Å²) in [5, 5.41) is 0. The smallest absolute Gasteiger partial charge is 0.246 e. The number of carbonyl (C=O) groups excluding carboxylic acids is 1. The van der Waals surface area contributed by atoms with Crippen molar-refractivity contribution in [3.63, 3.8) is 0 Å². The van der Waals surface area contributed by atoms with Gasteiger partial charge < -0.3 is 9.64 Å². The summed E-state index contributed by atoms with van der Waals surface area (Å²) < 4.78 is 32.4. The fourth-order valence-electron chi connectivity index (χ4n) is 3.19. The van der Waals surface area contributed by atoms with Crippen LogP contribution in [-0.4, -0.2) is 56.8 Å². The number of ether oxygens (including phenoxy) is 1. The largest absolute Gasteiger partial charge is 0.497 e. The van der Waals surface area contributed by atoms with Gasteiger partial charge in [0.25, 0.3) is 0 Å². The molecule has 154 valence electrons. The SMILES string of the molecule is COc1cccc(C=CC(=O)N2CCN(S(=O)(=O)c3ccc(C)c(C)c3)CC2)c1. The van der Waals surface area contributed by atoms with Crippen molar-refractivity contribution in [2.45, 2.75) is 18.7 Å². The highest BCUT2D eigenvalue weighted by molar-refractivity contribution is 7.89. The molecule has 0 N–H and O–H groups in total. The van der Waals surface area contributed by atoms with E-state index in [1.807, 2.05) is 44.2 Å². The first-order valence-corrected chi connectivity index (χ1v) is 10.9. The van der Waals surface area contributed by atoms with E-state index in [1.54, 1.807) is 30.2 Å². The summed E-state index contributed by atoms with van der Waals surface area (Å²) >= 11 is 0. The third-order valence-corrected chi connectivity index (χ3v) is 7.07. The summed E-state index contributed by atoms with van der Waals surface area (Å²) in [6.07, 6.45) is 3.26. The maximum absolute atomic E-state index is 12.9. The number of hydrogen-bond acceptors (Lipinski definition) is 4. The standard InChI is InChI=1S/C22H26N2O4S/c1-17-7-9-21(15-18(17)2)29(26,27)24-13-11-23(12-14-24)22(25)10-8-19-5-4-6-20(16-19)28-3/h4-10,15-16H,11-14H2,1-3H3. The summed E-state index contributed by atoms with van der Waals surface area (Å²) in [6, 6.07) is 12.6. The molecule has 0 aliphatic carbocycles. The van der Waals surface area contributed by atoms with Crippen molar-refractivity contribution in [1.29, 1.82) is 0 Å². The monoisotopic (exact) mass is 414 g/mol. The number of aryl methyl sites for hydroxylation is 2. The molecule has 2 aromatic rings. The highest BCUT2D eigenvalue weighted by atomic mass is 32.2. The molecule has 3 rings (SSSR count). The van der Waals surface area contributed by atoms with Crippen LogP contribution in [0.25, 0.3) is 6.08 Å². The Kier molecular flexibility index (Phi) is 6.39. The van der Waals surface area contributed by atoms with Gasteiger partial charge >= 0.3 is 0 Å². The van der Waals surface area contributed by atoms with E-state index in [1.165, 1.54) is 10.4 Å². The topological polar surface area (TPSA) is 66.9 Å². The second-order valence-corrected chi connectivity index (χ2v) is 9.02. The molecule has 1 fully saturated rings. The fraction of sp³-hybridized carbons (Fsp3) is 0.318. The lowest BCUT2D eigenvalue weighted by atomic mass is 10.1. The van der Waals surface area contributed by atoms with E-state index in [9.17, 15) is 13.2 Å².